The summed E-state index contributed by atoms with van der Waals surface area (Å²) < 4.78 is 5.57. The van der Waals surface area contributed by atoms with Crippen LogP contribution >= 0.6 is 0 Å². The van der Waals surface area contributed by atoms with Gasteiger partial charge >= 0.3 is 0 Å². The number of nitrogens with two attached hydrogens (primary N) is 1. The van der Waals surface area contributed by atoms with E-state index >= 15 is 0 Å². The summed E-state index contributed by atoms with van der Waals surface area (Å²) in [5.41, 5.74) is 5.61. The van der Waals surface area contributed by atoms with E-state index in [1.54, 1.807) is 0 Å². The van der Waals surface area contributed by atoms with Gasteiger partial charge in [-0.2, -0.15) is 0 Å². The molecule has 0 aromatic heterocycles. The van der Waals surface area contributed by atoms with Crippen LogP contribution in [0.1, 0.15) is 38.5 Å². The second-order valence-electron chi connectivity index (χ2n) is 4.60. The van der Waals surface area contributed by atoms with Crippen LogP contribution in [0.3, 0.4) is 0 Å². The molecule has 0 aromatic rings. The lowest BCUT2D eigenvalue weighted by Crippen LogP contribution is -2.30. The van der Waals surface area contributed by atoms with Crippen molar-refractivity contribution in [3.63, 3.8) is 0 Å². The highest BCUT2D eigenvalue weighted by Crippen LogP contribution is 2.19. The minimum Gasteiger partial charge on any atom is -0.378 e. The van der Waals surface area contributed by atoms with Crippen LogP contribution in [0.2, 0.25) is 0 Å². The molecule has 86 valence electrons. The first-order chi connectivity index (χ1) is 7.25. The number of carbonyl (C=O) groups is 1. The van der Waals surface area contributed by atoms with Crippen LogP contribution in [-0.2, 0) is 9.53 Å². The molecule has 2 rings (SSSR count). The molecule has 1 saturated heterocycles. The lowest BCUT2D eigenvalue weighted by atomic mass is 10.0. The van der Waals surface area contributed by atoms with E-state index in [4.69, 9.17) is 10.5 Å². The number of hydrogen-bond donors (Lipinski definition) is 2. The highest BCUT2D eigenvalue weighted by Gasteiger charge is 2.34. The van der Waals surface area contributed by atoms with Gasteiger partial charge in [0.2, 0.25) is 5.91 Å². The van der Waals surface area contributed by atoms with E-state index in [1.165, 1.54) is 12.8 Å². The molecule has 1 saturated carbocycles. The molecule has 2 fully saturated rings. The SMILES string of the molecule is NC1CC1NC(=O)CCC1CCCCO1. The fourth-order valence-electron chi connectivity index (χ4n) is 1.99. The van der Waals surface area contributed by atoms with Crippen molar-refractivity contribution in [2.75, 3.05) is 6.61 Å². The molecule has 1 aliphatic heterocycles. The van der Waals surface area contributed by atoms with Crippen LogP contribution in [0.15, 0.2) is 0 Å². The summed E-state index contributed by atoms with van der Waals surface area (Å²) in [6, 6.07) is 0.435. The molecule has 3 atom stereocenters. The van der Waals surface area contributed by atoms with Gasteiger partial charge < -0.3 is 15.8 Å². The molecule has 0 bridgehead atoms. The fraction of sp³-hybridized carbons (Fsp3) is 0.909. The third-order valence-corrected chi connectivity index (χ3v) is 3.15. The van der Waals surface area contributed by atoms with Crippen molar-refractivity contribution in [1.29, 1.82) is 0 Å². The van der Waals surface area contributed by atoms with E-state index in [9.17, 15) is 4.79 Å². The van der Waals surface area contributed by atoms with Gasteiger partial charge in [0.1, 0.15) is 0 Å². The average Bonchev–Trinajstić information content (AvgIpc) is 2.93. The average molecular weight is 212 g/mol. The van der Waals surface area contributed by atoms with E-state index in [0.29, 0.717) is 12.5 Å². The first-order valence-electron chi connectivity index (χ1n) is 5.92. The molecule has 1 heterocycles. The van der Waals surface area contributed by atoms with Gasteiger partial charge in [0, 0.05) is 25.1 Å². The Bertz CT molecular complexity index is 227. The molecular formula is C11H20N2O2. The van der Waals surface area contributed by atoms with Crippen LogP contribution in [0.4, 0.5) is 0 Å². The summed E-state index contributed by atoms with van der Waals surface area (Å²) in [7, 11) is 0. The monoisotopic (exact) mass is 212 g/mol. The summed E-state index contributed by atoms with van der Waals surface area (Å²) in [6.45, 7) is 0.861. The van der Waals surface area contributed by atoms with Gasteiger partial charge in [0.15, 0.2) is 0 Å². The van der Waals surface area contributed by atoms with E-state index < -0.39 is 0 Å². The smallest absolute Gasteiger partial charge is 0.220 e. The number of amides is 1. The predicted molar refractivity (Wildman–Crippen MR) is 57.3 cm³/mol. The van der Waals surface area contributed by atoms with Crippen LogP contribution < -0.4 is 11.1 Å². The zero-order valence-corrected chi connectivity index (χ0v) is 9.08. The van der Waals surface area contributed by atoms with E-state index in [0.717, 1.165) is 25.9 Å². The second-order valence-corrected chi connectivity index (χ2v) is 4.60. The van der Waals surface area contributed by atoms with Gasteiger partial charge in [-0.15, -0.1) is 0 Å². The third-order valence-electron chi connectivity index (χ3n) is 3.15. The Morgan fingerprint density at radius 1 is 1.47 bits per heavy atom. The molecule has 15 heavy (non-hydrogen) atoms. The largest absolute Gasteiger partial charge is 0.378 e. The normalized spacial score (nSPS) is 34.9. The standard InChI is InChI=1S/C11H20N2O2/c12-9-7-10(9)13-11(14)5-4-8-3-1-2-6-15-8/h8-10H,1-7,12H2,(H,13,14). The van der Waals surface area contributed by atoms with Crippen molar-refractivity contribution in [3.8, 4) is 0 Å². The molecule has 1 amide bonds. The van der Waals surface area contributed by atoms with E-state index in [1.807, 2.05) is 0 Å². The van der Waals surface area contributed by atoms with Crippen molar-refractivity contribution < 1.29 is 9.53 Å². The summed E-state index contributed by atoms with van der Waals surface area (Å²) >= 11 is 0. The Hall–Kier alpha value is -0.610. The van der Waals surface area contributed by atoms with E-state index in [2.05, 4.69) is 5.32 Å². The van der Waals surface area contributed by atoms with Crippen molar-refractivity contribution in [3.05, 3.63) is 0 Å². The van der Waals surface area contributed by atoms with Gasteiger partial charge in [0.05, 0.1) is 6.10 Å². The Morgan fingerprint density at radius 3 is 2.87 bits per heavy atom. The van der Waals surface area contributed by atoms with Crippen LogP contribution in [0.5, 0.6) is 0 Å². The van der Waals surface area contributed by atoms with Crippen molar-refractivity contribution in [1.82, 2.24) is 5.32 Å². The number of hydrogen-bond acceptors (Lipinski definition) is 3. The first-order valence-corrected chi connectivity index (χ1v) is 5.92. The predicted octanol–water partition coefficient (Wildman–Crippen LogP) is 0.551. The molecule has 1 aliphatic carbocycles. The maximum absolute atomic E-state index is 11.5. The van der Waals surface area contributed by atoms with Crippen molar-refractivity contribution >= 4 is 5.91 Å². The van der Waals surface area contributed by atoms with Gasteiger partial charge in [-0.3, -0.25) is 4.79 Å². The van der Waals surface area contributed by atoms with Gasteiger partial charge in [-0.1, -0.05) is 0 Å². The molecule has 0 radical (unpaired) electrons. The summed E-state index contributed by atoms with van der Waals surface area (Å²) in [5, 5.41) is 2.92. The number of rotatable bonds is 4. The Morgan fingerprint density at radius 2 is 2.27 bits per heavy atom. The Kier molecular flexibility index (Phi) is 3.59. The summed E-state index contributed by atoms with van der Waals surface area (Å²) in [6.07, 6.45) is 6.18. The Labute approximate surface area is 90.5 Å². The number of carbonyl (C=O) groups excluding carboxylic acids is 1. The van der Waals surface area contributed by atoms with Gasteiger partial charge in [0.25, 0.3) is 0 Å². The molecule has 2 aliphatic rings. The zero-order chi connectivity index (χ0) is 10.7. The zero-order valence-electron chi connectivity index (χ0n) is 9.08. The molecule has 4 nitrogen and oxygen atoms in total. The molecule has 3 unspecified atom stereocenters. The van der Waals surface area contributed by atoms with E-state index in [-0.39, 0.29) is 18.0 Å². The molecule has 0 aromatic carbocycles. The van der Waals surface area contributed by atoms with Crippen LogP contribution in [-0.4, -0.2) is 30.7 Å². The lowest BCUT2D eigenvalue weighted by Gasteiger charge is -2.22. The Balaban J connectivity index is 1.57. The molecule has 4 heteroatoms. The summed E-state index contributed by atoms with van der Waals surface area (Å²) in [5.74, 6) is 0.127. The number of nitrogens with one attached hydrogen (secondary N) is 1. The number of ether oxygens (including phenoxy) is 1. The minimum atomic E-state index is 0.127. The third kappa shape index (κ3) is 3.47. The highest BCUT2D eigenvalue weighted by atomic mass is 16.5. The van der Waals surface area contributed by atoms with Gasteiger partial charge in [-0.05, 0) is 32.1 Å². The van der Waals surface area contributed by atoms with Crippen LogP contribution in [0.25, 0.3) is 0 Å². The minimum absolute atomic E-state index is 0.127. The second kappa shape index (κ2) is 4.94. The maximum Gasteiger partial charge on any atom is 0.220 e. The molecule has 3 N–H and O–H groups in total. The maximum atomic E-state index is 11.5. The first kappa shape index (κ1) is 10.9. The van der Waals surface area contributed by atoms with Crippen LogP contribution in [0, 0.1) is 0 Å². The molecular weight excluding hydrogens is 192 g/mol. The fourth-order valence-corrected chi connectivity index (χ4v) is 1.99. The lowest BCUT2D eigenvalue weighted by molar-refractivity contribution is -0.122. The van der Waals surface area contributed by atoms with Crippen molar-refractivity contribution in [2.24, 2.45) is 5.73 Å². The van der Waals surface area contributed by atoms with Gasteiger partial charge in [-0.25, -0.2) is 0 Å². The van der Waals surface area contributed by atoms with Crippen molar-refractivity contribution in [2.45, 2.75) is 56.7 Å². The quantitative estimate of drug-likeness (QED) is 0.715. The summed E-state index contributed by atoms with van der Waals surface area (Å²) in [4.78, 5) is 11.5. The topological polar surface area (TPSA) is 64.3 Å². The highest BCUT2D eigenvalue weighted by molar-refractivity contribution is 5.76. The molecule has 0 spiro atoms.